The van der Waals surface area contributed by atoms with E-state index in [1.807, 2.05) is 11.8 Å². The third kappa shape index (κ3) is 6.10. The molecule has 1 aliphatic rings. The van der Waals surface area contributed by atoms with Crippen molar-refractivity contribution in [2.45, 2.75) is 38.8 Å². The zero-order chi connectivity index (χ0) is 14.9. The molecule has 0 saturated carbocycles. The lowest BCUT2D eigenvalue weighted by Crippen LogP contribution is -2.37. The van der Waals surface area contributed by atoms with E-state index in [0.29, 0.717) is 6.04 Å². The zero-order valence-electron chi connectivity index (χ0n) is 13.2. The van der Waals surface area contributed by atoms with Gasteiger partial charge < -0.3 is 10.2 Å². The monoisotopic (exact) mass is 305 g/mol. The number of nitrogens with zero attached hydrogens (tertiary/aromatic N) is 2. The maximum atomic E-state index is 4.70. The molecule has 0 aromatic heterocycles. The van der Waals surface area contributed by atoms with Crippen LogP contribution in [0.4, 0.5) is 0 Å². The van der Waals surface area contributed by atoms with Crippen LogP contribution in [0.3, 0.4) is 0 Å². The fraction of sp³-hybridized carbons (Fsp3) is 0.588. The Labute approximate surface area is 133 Å². The second-order valence-corrected chi connectivity index (χ2v) is 6.73. The van der Waals surface area contributed by atoms with Crippen molar-refractivity contribution in [3.05, 3.63) is 35.9 Å². The first-order valence-electron chi connectivity index (χ1n) is 7.94. The van der Waals surface area contributed by atoms with Gasteiger partial charge in [-0.1, -0.05) is 49.0 Å². The third-order valence-electron chi connectivity index (χ3n) is 3.77. The summed E-state index contributed by atoms with van der Waals surface area (Å²) in [6, 6.07) is 11.3. The number of hydrogen-bond donors (Lipinski definition) is 1. The van der Waals surface area contributed by atoms with Crippen molar-refractivity contribution in [2.24, 2.45) is 4.99 Å². The lowest BCUT2D eigenvalue weighted by Gasteiger charge is -2.24. The van der Waals surface area contributed by atoms with Crippen LogP contribution in [0.5, 0.6) is 0 Å². The van der Waals surface area contributed by atoms with Gasteiger partial charge in [-0.2, -0.15) is 0 Å². The van der Waals surface area contributed by atoms with Gasteiger partial charge >= 0.3 is 0 Å². The predicted molar refractivity (Wildman–Crippen MR) is 94.0 cm³/mol. The first kappa shape index (κ1) is 16.4. The summed E-state index contributed by atoms with van der Waals surface area (Å²) in [5.41, 5.74) is 1.38. The molecule has 1 aliphatic heterocycles. The minimum absolute atomic E-state index is 0.630. The van der Waals surface area contributed by atoms with Crippen LogP contribution in [0.2, 0.25) is 0 Å². The van der Waals surface area contributed by atoms with E-state index in [4.69, 9.17) is 4.99 Å². The molecule has 4 heteroatoms. The van der Waals surface area contributed by atoms with E-state index < -0.39 is 0 Å². The van der Waals surface area contributed by atoms with Crippen molar-refractivity contribution in [1.82, 2.24) is 10.2 Å². The first-order chi connectivity index (χ1) is 10.3. The third-order valence-corrected chi connectivity index (χ3v) is 4.73. The Hall–Kier alpha value is -1.00. The SMILES string of the molecule is CCC1CCSC(=NCCCN(C)Cc2ccccc2)N1. The average molecular weight is 305 g/mol. The van der Waals surface area contributed by atoms with E-state index in [0.717, 1.165) is 31.2 Å². The van der Waals surface area contributed by atoms with E-state index in [2.05, 4.69) is 54.5 Å². The molecule has 1 aromatic carbocycles. The molecule has 0 spiro atoms. The normalized spacial score (nSPS) is 20.7. The van der Waals surface area contributed by atoms with Gasteiger partial charge in [-0.05, 0) is 38.4 Å². The molecule has 0 radical (unpaired) electrons. The Bertz CT molecular complexity index is 433. The highest BCUT2D eigenvalue weighted by Crippen LogP contribution is 2.15. The Morgan fingerprint density at radius 2 is 2.14 bits per heavy atom. The zero-order valence-corrected chi connectivity index (χ0v) is 14.0. The van der Waals surface area contributed by atoms with Gasteiger partial charge in [-0.3, -0.25) is 4.99 Å². The lowest BCUT2D eigenvalue weighted by atomic mass is 10.2. The summed E-state index contributed by atoms with van der Waals surface area (Å²) in [4.78, 5) is 7.07. The molecule has 1 atom stereocenters. The smallest absolute Gasteiger partial charge is 0.156 e. The van der Waals surface area contributed by atoms with Gasteiger partial charge in [0.2, 0.25) is 0 Å². The Kier molecular flexibility index (Phi) is 7.10. The van der Waals surface area contributed by atoms with Crippen molar-refractivity contribution in [2.75, 3.05) is 25.9 Å². The molecule has 0 amide bonds. The molecule has 1 unspecified atom stereocenters. The molecule has 1 aromatic rings. The van der Waals surface area contributed by atoms with Crippen LogP contribution < -0.4 is 5.32 Å². The highest BCUT2D eigenvalue weighted by molar-refractivity contribution is 8.13. The quantitative estimate of drug-likeness (QED) is 0.783. The summed E-state index contributed by atoms with van der Waals surface area (Å²) in [5, 5.41) is 4.68. The summed E-state index contributed by atoms with van der Waals surface area (Å²) in [7, 11) is 2.18. The Balaban J connectivity index is 1.65. The second-order valence-electron chi connectivity index (χ2n) is 5.65. The van der Waals surface area contributed by atoms with E-state index in [1.165, 1.54) is 24.2 Å². The van der Waals surface area contributed by atoms with Crippen molar-refractivity contribution in [1.29, 1.82) is 0 Å². The maximum absolute atomic E-state index is 4.70. The molecular formula is C17H27N3S. The lowest BCUT2D eigenvalue weighted by molar-refractivity contribution is 0.324. The highest BCUT2D eigenvalue weighted by atomic mass is 32.2. The van der Waals surface area contributed by atoms with E-state index in [-0.39, 0.29) is 0 Å². The molecule has 1 fully saturated rings. The number of amidine groups is 1. The molecular weight excluding hydrogens is 278 g/mol. The van der Waals surface area contributed by atoms with Gasteiger partial charge in [-0.25, -0.2) is 0 Å². The number of rotatable bonds is 7. The largest absolute Gasteiger partial charge is 0.362 e. The molecule has 1 saturated heterocycles. The minimum Gasteiger partial charge on any atom is -0.362 e. The number of thioether (sulfide) groups is 1. The molecule has 0 bridgehead atoms. The summed E-state index contributed by atoms with van der Waals surface area (Å²) >= 11 is 1.87. The van der Waals surface area contributed by atoms with Crippen LogP contribution in [0, 0.1) is 0 Å². The molecule has 116 valence electrons. The summed E-state index contributed by atoms with van der Waals surface area (Å²) in [5.74, 6) is 1.21. The van der Waals surface area contributed by atoms with Gasteiger partial charge in [-0.15, -0.1) is 0 Å². The van der Waals surface area contributed by atoms with E-state index >= 15 is 0 Å². The molecule has 0 aliphatic carbocycles. The van der Waals surface area contributed by atoms with Gasteiger partial charge in [0.1, 0.15) is 0 Å². The predicted octanol–water partition coefficient (Wildman–Crippen LogP) is 3.37. The molecule has 1 heterocycles. The molecule has 1 N–H and O–H groups in total. The van der Waals surface area contributed by atoms with Gasteiger partial charge in [0.15, 0.2) is 5.17 Å². The van der Waals surface area contributed by atoms with Crippen molar-refractivity contribution < 1.29 is 0 Å². The Morgan fingerprint density at radius 1 is 1.33 bits per heavy atom. The van der Waals surface area contributed by atoms with Gasteiger partial charge in [0, 0.05) is 24.9 Å². The van der Waals surface area contributed by atoms with Gasteiger partial charge in [0.25, 0.3) is 0 Å². The summed E-state index contributed by atoms with van der Waals surface area (Å²) < 4.78 is 0. The van der Waals surface area contributed by atoms with E-state index in [9.17, 15) is 0 Å². The molecule has 3 nitrogen and oxygen atoms in total. The highest BCUT2D eigenvalue weighted by Gasteiger charge is 2.14. The topological polar surface area (TPSA) is 27.6 Å². The summed E-state index contributed by atoms with van der Waals surface area (Å²) in [6.45, 7) is 5.27. The van der Waals surface area contributed by atoms with Crippen molar-refractivity contribution in [3.63, 3.8) is 0 Å². The van der Waals surface area contributed by atoms with Crippen molar-refractivity contribution in [3.8, 4) is 0 Å². The van der Waals surface area contributed by atoms with Gasteiger partial charge in [0.05, 0.1) is 0 Å². The minimum atomic E-state index is 0.630. The van der Waals surface area contributed by atoms with Crippen LogP contribution in [0.25, 0.3) is 0 Å². The van der Waals surface area contributed by atoms with E-state index in [1.54, 1.807) is 0 Å². The fourth-order valence-corrected chi connectivity index (χ4v) is 3.51. The Morgan fingerprint density at radius 3 is 2.90 bits per heavy atom. The maximum Gasteiger partial charge on any atom is 0.156 e. The van der Waals surface area contributed by atoms with Crippen molar-refractivity contribution >= 4 is 16.9 Å². The molecule has 21 heavy (non-hydrogen) atoms. The number of benzene rings is 1. The average Bonchev–Trinajstić information content (AvgIpc) is 2.53. The van der Waals surface area contributed by atoms with Crippen LogP contribution in [0.1, 0.15) is 31.7 Å². The van der Waals surface area contributed by atoms with Crippen LogP contribution in [0.15, 0.2) is 35.3 Å². The first-order valence-corrected chi connectivity index (χ1v) is 8.92. The van der Waals surface area contributed by atoms with Crippen LogP contribution >= 0.6 is 11.8 Å². The summed E-state index contributed by atoms with van der Waals surface area (Å²) in [6.07, 6.45) is 3.57. The van der Waals surface area contributed by atoms with Crippen LogP contribution in [-0.4, -0.2) is 42.0 Å². The standard InChI is InChI=1S/C17H27N3S/c1-3-16-10-13-21-17(19-16)18-11-7-12-20(2)14-15-8-5-4-6-9-15/h4-6,8-9,16H,3,7,10-14H2,1-2H3,(H,18,19). The van der Waals surface area contributed by atoms with Crippen LogP contribution in [-0.2, 0) is 6.54 Å². The molecule has 2 rings (SSSR count). The number of hydrogen-bond acceptors (Lipinski definition) is 3. The fourth-order valence-electron chi connectivity index (χ4n) is 2.48. The number of nitrogens with one attached hydrogen (secondary N) is 1. The second kappa shape index (κ2) is 9.11. The number of aliphatic imine (C=N–C) groups is 1.